The Balaban J connectivity index is 2.02. The summed E-state index contributed by atoms with van der Waals surface area (Å²) < 4.78 is 5.21. The molecule has 1 aromatic carbocycles. The molecule has 1 atom stereocenters. The number of rotatable bonds is 4. The normalized spacial score (nSPS) is 16.9. The first-order valence-corrected chi connectivity index (χ1v) is 10.1. The van der Waals surface area contributed by atoms with Crippen molar-refractivity contribution in [1.29, 1.82) is 0 Å². The van der Waals surface area contributed by atoms with E-state index >= 15 is 0 Å². The van der Waals surface area contributed by atoms with E-state index in [1.54, 1.807) is 18.1 Å². The molecule has 1 N–H and O–H groups in total. The first-order valence-electron chi connectivity index (χ1n) is 9.21. The third kappa shape index (κ3) is 4.28. The van der Waals surface area contributed by atoms with E-state index in [9.17, 15) is 9.59 Å². The largest absolute Gasteiger partial charge is 0.497 e. The van der Waals surface area contributed by atoms with Crippen LogP contribution in [-0.4, -0.2) is 29.4 Å². The second-order valence-corrected chi connectivity index (χ2v) is 8.93. The van der Waals surface area contributed by atoms with Crippen molar-refractivity contribution in [2.24, 2.45) is 0 Å². The molecule has 0 radical (unpaired) electrons. The zero-order chi connectivity index (χ0) is 20.5. The van der Waals surface area contributed by atoms with E-state index in [0.29, 0.717) is 6.54 Å². The predicted octanol–water partition coefficient (Wildman–Crippen LogP) is 4.16. The highest BCUT2D eigenvalue weighted by Crippen LogP contribution is 2.37. The van der Waals surface area contributed by atoms with E-state index < -0.39 is 11.6 Å². The monoisotopic (exact) mass is 398 g/mol. The van der Waals surface area contributed by atoms with Crippen molar-refractivity contribution in [3.63, 3.8) is 0 Å². The zero-order valence-electron chi connectivity index (χ0n) is 16.9. The van der Waals surface area contributed by atoms with E-state index in [-0.39, 0.29) is 11.8 Å². The van der Waals surface area contributed by atoms with E-state index in [4.69, 9.17) is 4.74 Å². The summed E-state index contributed by atoms with van der Waals surface area (Å²) in [5, 5.41) is 5.02. The Labute approximate surface area is 170 Å². The van der Waals surface area contributed by atoms with E-state index in [0.717, 1.165) is 27.3 Å². The van der Waals surface area contributed by atoms with Gasteiger partial charge in [0.15, 0.2) is 0 Å². The SMILES string of the molecule is COc1ccc(CN2C(=O)C=C(C)c3ccsc3C2C(=O)NC(C)(C)C)cc1. The molecule has 6 heteroatoms. The van der Waals surface area contributed by atoms with E-state index in [2.05, 4.69) is 5.32 Å². The van der Waals surface area contributed by atoms with Gasteiger partial charge in [-0.2, -0.15) is 0 Å². The standard InChI is InChI=1S/C22H26N2O3S/c1-14-12-18(25)24(13-15-6-8-16(27-5)9-7-15)19(20-17(14)10-11-28-20)21(26)23-22(2,3)4/h6-12,19H,13H2,1-5H3,(H,23,26). The van der Waals surface area contributed by atoms with Crippen molar-refractivity contribution < 1.29 is 14.3 Å². The summed E-state index contributed by atoms with van der Waals surface area (Å²) in [4.78, 5) is 28.8. The van der Waals surface area contributed by atoms with Gasteiger partial charge in [0, 0.05) is 23.0 Å². The Bertz CT molecular complexity index is 907. The Kier molecular flexibility index (Phi) is 5.61. The molecular formula is C22H26N2O3S. The minimum absolute atomic E-state index is 0.161. The maximum Gasteiger partial charge on any atom is 0.248 e. The summed E-state index contributed by atoms with van der Waals surface area (Å²) in [6, 6.07) is 8.87. The highest BCUT2D eigenvalue weighted by Gasteiger charge is 2.37. The topological polar surface area (TPSA) is 58.6 Å². The summed E-state index contributed by atoms with van der Waals surface area (Å²) in [6.45, 7) is 8.08. The summed E-state index contributed by atoms with van der Waals surface area (Å²) >= 11 is 1.51. The van der Waals surface area contributed by atoms with Gasteiger partial charge in [0.05, 0.1) is 7.11 Å². The number of amides is 2. The maximum absolute atomic E-state index is 13.2. The molecular weight excluding hydrogens is 372 g/mol. The van der Waals surface area contributed by atoms with Crippen molar-refractivity contribution in [2.75, 3.05) is 7.11 Å². The average molecular weight is 399 g/mol. The Morgan fingerprint density at radius 3 is 2.50 bits per heavy atom. The number of carbonyl (C=O) groups is 2. The van der Waals surface area contributed by atoms with Crippen molar-refractivity contribution in [1.82, 2.24) is 10.2 Å². The third-order valence-corrected chi connectivity index (χ3v) is 5.53. The molecule has 5 nitrogen and oxygen atoms in total. The number of carbonyl (C=O) groups excluding carboxylic acids is 2. The summed E-state index contributed by atoms with van der Waals surface area (Å²) in [7, 11) is 1.62. The number of methoxy groups -OCH3 is 1. The van der Waals surface area contributed by atoms with Crippen LogP contribution in [0.1, 0.15) is 49.7 Å². The fraction of sp³-hybridized carbons (Fsp3) is 0.364. The lowest BCUT2D eigenvalue weighted by atomic mass is 10.0. The highest BCUT2D eigenvalue weighted by molar-refractivity contribution is 7.10. The van der Waals surface area contributed by atoms with Crippen molar-refractivity contribution in [2.45, 2.75) is 45.8 Å². The smallest absolute Gasteiger partial charge is 0.248 e. The van der Waals surface area contributed by atoms with E-state index in [1.807, 2.05) is 63.4 Å². The van der Waals surface area contributed by atoms with Crippen LogP contribution in [0.3, 0.4) is 0 Å². The molecule has 1 aliphatic heterocycles. The third-order valence-electron chi connectivity index (χ3n) is 4.56. The lowest BCUT2D eigenvalue weighted by Crippen LogP contribution is -2.48. The van der Waals surface area contributed by atoms with Gasteiger partial charge in [0.1, 0.15) is 11.8 Å². The molecule has 0 saturated heterocycles. The van der Waals surface area contributed by atoms with Crippen LogP contribution in [0.5, 0.6) is 5.75 Å². The van der Waals surface area contributed by atoms with Gasteiger partial charge in [0.2, 0.25) is 11.8 Å². The molecule has 1 aliphatic rings. The van der Waals surface area contributed by atoms with Crippen molar-refractivity contribution >= 4 is 28.7 Å². The van der Waals surface area contributed by atoms with Crippen LogP contribution in [0.15, 0.2) is 41.8 Å². The van der Waals surface area contributed by atoms with Gasteiger partial charge in [-0.25, -0.2) is 0 Å². The first kappa shape index (κ1) is 20.1. The number of nitrogens with zero attached hydrogens (tertiary/aromatic N) is 1. The number of nitrogens with one attached hydrogen (secondary N) is 1. The Morgan fingerprint density at radius 2 is 1.89 bits per heavy atom. The minimum atomic E-state index is -0.669. The van der Waals surface area contributed by atoms with Crippen LogP contribution < -0.4 is 10.1 Å². The molecule has 2 aromatic rings. The maximum atomic E-state index is 13.2. The fourth-order valence-electron chi connectivity index (χ4n) is 3.27. The zero-order valence-corrected chi connectivity index (χ0v) is 17.7. The predicted molar refractivity (Wildman–Crippen MR) is 112 cm³/mol. The number of ether oxygens (including phenoxy) is 1. The summed E-state index contributed by atoms with van der Waals surface area (Å²) in [5.41, 5.74) is 2.39. The van der Waals surface area contributed by atoms with Gasteiger partial charge in [-0.15, -0.1) is 11.3 Å². The van der Waals surface area contributed by atoms with Gasteiger partial charge in [-0.3, -0.25) is 9.59 Å². The fourth-order valence-corrected chi connectivity index (χ4v) is 4.34. The quantitative estimate of drug-likeness (QED) is 0.841. The van der Waals surface area contributed by atoms with Crippen LogP contribution in [-0.2, 0) is 16.1 Å². The number of benzene rings is 1. The molecule has 2 heterocycles. The number of thiophene rings is 1. The second-order valence-electron chi connectivity index (χ2n) is 7.98. The number of fused-ring (bicyclic) bond motifs is 1. The lowest BCUT2D eigenvalue weighted by Gasteiger charge is -2.32. The second kappa shape index (κ2) is 7.80. The molecule has 0 saturated carbocycles. The number of hydrogen-bond donors (Lipinski definition) is 1. The summed E-state index contributed by atoms with van der Waals surface area (Å²) in [5.74, 6) is 0.427. The van der Waals surface area contributed by atoms with Gasteiger partial charge in [-0.05, 0) is 68.0 Å². The average Bonchev–Trinajstić information content (AvgIpc) is 3.06. The van der Waals surface area contributed by atoms with Crippen LogP contribution >= 0.6 is 11.3 Å². The lowest BCUT2D eigenvalue weighted by molar-refractivity contribution is -0.138. The Morgan fingerprint density at radius 1 is 1.21 bits per heavy atom. The molecule has 0 aliphatic carbocycles. The van der Waals surface area contributed by atoms with Crippen LogP contribution in [0, 0.1) is 0 Å². The van der Waals surface area contributed by atoms with E-state index in [1.165, 1.54) is 11.3 Å². The van der Waals surface area contributed by atoms with Crippen LogP contribution in [0.25, 0.3) is 5.57 Å². The van der Waals surface area contributed by atoms with Gasteiger partial charge in [-0.1, -0.05) is 12.1 Å². The molecule has 1 unspecified atom stereocenters. The van der Waals surface area contributed by atoms with Gasteiger partial charge in [0.25, 0.3) is 0 Å². The minimum Gasteiger partial charge on any atom is -0.497 e. The molecule has 2 amide bonds. The van der Waals surface area contributed by atoms with Crippen LogP contribution in [0.4, 0.5) is 0 Å². The molecule has 28 heavy (non-hydrogen) atoms. The summed E-state index contributed by atoms with van der Waals surface area (Å²) in [6.07, 6.45) is 1.62. The van der Waals surface area contributed by atoms with Crippen LogP contribution in [0.2, 0.25) is 0 Å². The molecule has 0 fully saturated rings. The Hall–Kier alpha value is -2.60. The number of allylic oxidation sites excluding steroid dienone is 1. The number of hydrogen-bond acceptors (Lipinski definition) is 4. The molecule has 0 spiro atoms. The van der Waals surface area contributed by atoms with Gasteiger partial charge >= 0.3 is 0 Å². The first-order chi connectivity index (χ1) is 13.2. The molecule has 0 bridgehead atoms. The molecule has 148 valence electrons. The molecule has 1 aromatic heterocycles. The highest BCUT2D eigenvalue weighted by atomic mass is 32.1. The van der Waals surface area contributed by atoms with Crippen molar-refractivity contribution in [3.05, 3.63) is 57.8 Å². The van der Waals surface area contributed by atoms with Gasteiger partial charge < -0.3 is 15.0 Å². The molecule has 3 rings (SSSR count). The van der Waals surface area contributed by atoms with Crippen molar-refractivity contribution in [3.8, 4) is 5.75 Å².